The smallest absolute Gasteiger partial charge is 0.284 e. The fourth-order valence-electron chi connectivity index (χ4n) is 2.74. The fraction of sp³-hybridized carbons (Fsp3) is 0.190. The number of carbonyl (C=O) groups is 1. The second kappa shape index (κ2) is 9.62. The fourth-order valence-corrected chi connectivity index (χ4v) is 2.86. The SMILES string of the molecule is NC(=O)c1cc(-c2ccc(Cl)cc2)nn(-c2cccc(F)c2)c1=O.OC1CCOC1. The lowest BCUT2D eigenvalue weighted by Gasteiger charge is -2.10. The summed E-state index contributed by atoms with van der Waals surface area (Å²) in [6, 6.07) is 13.3. The van der Waals surface area contributed by atoms with E-state index < -0.39 is 17.3 Å². The first kappa shape index (κ1) is 21.6. The second-order valence-electron chi connectivity index (χ2n) is 6.53. The lowest BCUT2D eigenvalue weighted by atomic mass is 10.1. The van der Waals surface area contributed by atoms with Gasteiger partial charge in [-0.3, -0.25) is 9.59 Å². The Labute approximate surface area is 176 Å². The normalized spacial score (nSPS) is 15.4. The molecule has 1 saturated heterocycles. The Morgan fingerprint density at radius 2 is 1.97 bits per heavy atom. The summed E-state index contributed by atoms with van der Waals surface area (Å²) in [6.07, 6.45) is 0.644. The summed E-state index contributed by atoms with van der Waals surface area (Å²) in [6.45, 7) is 1.28. The number of hydrogen-bond donors (Lipinski definition) is 2. The molecule has 0 aliphatic carbocycles. The van der Waals surface area contributed by atoms with Crippen LogP contribution >= 0.6 is 11.6 Å². The van der Waals surface area contributed by atoms with Gasteiger partial charge in [0.25, 0.3) is 11.5 Å². The average molecular weight is 432 g/mol. The van der Waals surface area contributed by atoms with Crippen molar-refractivity contribution in [1.29, 1.82) is 0 Å². The van der Waals surface area contributed by atoms with Crippen LogP contribution in [0, 0.1) is 5.82 Å². The van der Waals surface area contributed by atoms with Gasteiger partial charge in [-0.2, -0.15) is 9.78 Å². The number of amides is 1. The Kier molecular flexibility index (Phi) is 6.94. The molecule has 2 aromatic carbocycles. The van der Waals surface area contributed by atoms with E-state index >= 15 is 0 Å². The maximum Gasteiger partial charge on any atom is 0.284 e. The van der Waals surface area contributed by atoms with E-state index in [1.165, 1.54) is 24.3 Å². The van der Waals surface area contributed by atoms with Gasteiger partial charge < -0.3 is 15.6 Å². The molecule has 1 atom stereocenters. The summed E-state index contributed by atoms with van der Waals surface area (Å²) in [5.41, 5.74) is 5.50. The van der Waals surface area contributed by atoms with Crippen LogP contribution in [0.15, 0.2) is 59.4 Å². The molecule has 4 rings (SSSR count). The Hall–Kier alpha value is -3.07. The number of carbonyl (C=O) groups excluding carboxylic acids is 1. The molecule has 9 heteroatoms. The number of benzene rings is 2. The summed E-state index contributed by atoms with van der Waals surface area (Å²) in [4.78, 5) is 24.0. The molecule has 1 amide bonds. The maximum atomic E-state index is 13.5. The van der Waals surface area contributed by atoms with Crippen molar-refractivity contribution in [3.8, 4) is 16.9 Å². The zero-order chi connectivity index (χ0) is 21.7. The van der Waals surface area contributed by atoms with Gasteiger partial charge in [0.2, 0.25) is 0 Å². The molecule has 3 aromatic rings. The van der Waals surface area contributed by atoms with Gasteiger partial charge in [-0.1, -0.05) is 29.8 Å². The predicted octanol–water partition coefficient (Wildman–Crippen LogP) is 2.56. The molecule has 0 saturated carbocycles. The molecule has 0 radical (unpaired) electrons. The van der Waals surface area contributed by atoms with E-state index in [2.05, 4.69) is 5.10 Å². The molecule has 1 aliphatic heterocycles. The summed E-state index contributed by atoms with van der Waals surface area (Å²) in [7, 11) is 0. The number of aliphatic hydroxyl groups is 1. The van der Waals surface area contributed by atoms with Crippen molar-refractivity contribution < 1.29 is 19.0 Å². The minimum Gasteiger partial charge on any atom is -0.391 e. The molecule has 3 N–H and O–H groups in total. The van der Waals surface area contributed by atoms with Gasteiger partial charge in [-0.05, 0) is 42.8 Å². The predicted molar refractivity (Wildman–Crippen MR) is 110 cm³/mol. The number of nitrogens with two attached hydrogens (primary N) is 1. The topological polar surface area (TPSA) is 107 Å². The minimum absolute atomic E-state index is 0.176. The summed E-state index contributed by atoms with van der Waals surface area (Å²) >= 11 is 5.86. The van der Waals surface area contributed by atoms with Gasteiger partial charge in [0.1, 0.15) is 11.4 Å². The molecule has 30 heavy (non-hydrogen) atoms. The van der Waals surface area contributed by atoms with Crippen molar-refractivity contribution in [2.75, 3.05) is 13.2 Å². The van der Waals surface area contributed by atoms with Gasteiger partial charge in [-0.25, -0.2) is 4.39 Å². The van der Waals surface area contributed by atoms with E-state index in [1.807, 2.05) is 0 Å². The van der Waals surface area contributed by atoms with Crippen molar-refractivity contribution in [3.63, 3.8) is 0 Å². The Morgan fingerprint density at radius 3 is 2.50 bits per heavy atom. The molecular formula is C21H19ClFN3O4. The zero-order valence-corrected chi connectivity index (χ0v) is 16.6. The lowest BCUT2D eigenvalue weighted by molar-refractivity contribution is 0.0998. The number of nitrogens with zero attached hydrogens (tertiary/aromatic N) is 2. The molecule has 1 unspecified atom stereocenters. The molecule has 7 nitrogen and oxygen atoms in total. The summed E-state index contributed by atoms with van der Waals surface area (Å²) < 4.78 is 19.2. The number of hydrogen-bond acceptors (Lipinski definition) is 5. The van der Waals surface area contributed by atoms with Crippen LogP contribution in [0.5, 0.6) is 0 Å². The molecule has 0 bridgehead atoms. The van der Waals surface area contributed by atoms with Crippen LogP contribution in [0.2, 0.25) is 5.02 Å². The van der Waals surface area contributed by atoms with Crippen LogP contribution in [0.4, 0.5) is 4.39 Å². The molecule has 156 valence electrons. The van der Waals surface area contributed by atoms with Crippen molar-refractivity contribution in [3.05, 3.63) is 81.4 Å². The van der Waals surface area contributed by atoms with Gasteiger partial charge in [0, 0.05) is 17.2 Å². The molecule has 1 aromatic heterocycles. The number of aromatic nitrogens is 2. The standard InChI is InChI=1S/C17H11ClFN3O2.C4H8O2/c18-11-6-4-10(5-7-11)15-9-14(16(20)23)17(24)22(21-15)13-3-1-2-12(19)8-13;5-4-1-2-6-3-4/h1-9H,(H2,20,23);4-5H,1-3H2. The van der Waals surface area contributed by atoms with Gasteiger partial charge in [0.15, 0.2) is 0 Å². The third-order valence-electron chi connectivity index (χ3n) is 4.28. The molecule has 0 spiro atoms. The Morgan fingerprint density at radius 1 is 1.23 bits per heavy atom. The van der Waals surface area contributed by atoms with Crippen molar-refractivity contribution in [2.45, 2.75) is 12.5 Å². The minimum atomic E-state index is -0.886. The maximum absolute atomic E-state index is 13.5. The number of ether oxygens (including phenoxy) is 1. The van der Waals surface area contributed by atoms with Crippen molar-refractivity contribution in [1.82, 2.24) is 9.78 Å². The summed E-state index contributed by atoms with van der Waals surface area (Å²) in [5.74, 6) is -1.42. The van der Waals surface area contributed by atoms with Crippen LogP contribution in [0.1, 0.15) is 16.8 Å². The lowest BCUT2D eigenvalue weighted by Crippen LogP contribution is -2.30. The first-order chi connectivity index (χ1) is 14.3. The van der Waals surface area contributed by atoms with Gasteiger partial charge >= 0.3 is 0 Å². The molecular weight excluding hydrogens is 413 g/mol. The van der Waals surface area contributed by atoms with Crippen molar-refractivity contribution in [2.24, 2.45) is 5.73 Å². The number of rotatable bonds is 3. The first-order valence-electron chi connectivity index (χ1n) is 9.07. The van der Waals surface area contributed by atoms with Crippen molar-refractivity contribution >= 4 is 17.5 Å². The van der Waals surface area contributed by atoms with E-state index in [0.717, 1.165) is 23.8 Å². The van der Waals surface area contributed by atoms with E-state index in [-0.39, 0.29) is 17.4 Å². The molecule has 2 heterocycles. The highest BCUT2D eigenvalue weighted by atomic mass is 35.5. The zero-order valence-electron chi connectivity index (χ0n) is 15.8. The van der Waals surface area contributed by atoms with Crippen LogP contribution in [-0.2, 0) is 4.74 Å². The average Bonchev–Trinajstić information content (AvgIpc) is 3.20. The molecule has 1 fully saturated rings. The van der Waals surface area contributed by atoms with E-state index in [4.69, 9.17) is 27.2 Å². The number of aliphatic hydroxyl groups excluding tert-OH is 1. The van der Waals surface area contributed by atoms with Gasteiger partial charge in [-0.15, -0.1) is 0 Å². The summed E-state index contributed by atoms with van der Waals surface area (Å²) in [5, 5.41) is 13.4. The third kappa shape index (κ3) is 5.29. The monoisotopic (exact) mass is 431 g/mol. The Bertz CT molecular complexity index is 1100. The highest BCUT2D eigenvalue weighted by Gasteiger charge is 2.15. The second-order valence-corrected chi connectivity index (χ2v) is 6.97. The highest BCUT2D eigenvalue weighted by Crippen LogP contribution is 2.20. The number of primary amides is 1. The third-order valence-corrected chi connectivity index (χ3v) is 4.53. The van der Waals surface area contributed by atoms with Crippen LogP contribution < -0.4 is 11.3 Å². The van der Waals surface area contributed by atoms with Crippen LogP contribution in [0.25, 0.3) is 16.9 Å². The Balaban J connectivity index is 0.000000367. The van der Waals surface area contributed by atoms with E-state index in [1.54, 1.807) is 24.3 Å². The van der Waals surface area contributed by atoms with E-state index in [0.29, 0.717) is 22.9 Å². The van der Waals surface area contributed by atoms with E-state index in [9.17, 15) is 14.0 Å². The van der Waals surface area contributed by atoms with Gasteiger partial charge in [0.05, 0.1) is 24.1 Å². The quantitative estimate of drug-likeness (QED) is 0.662. The highest BCUT2D eigenvalue weighted by molar-refractivity contribution is 6.30. The molecule has 1 aliphatic rings. The first-order valence-corrected chi connectivity index (χ1v) is 9.45. The van der Waals surface area contributed by atoms with Crippen LogP contribution in [0.3, 0.4) is 0 Å². The van der Waals surface area contributed by atoms with Crippen LogP contribution in [-0.4, -0.2) is 40.1 Å². The number of halogens is 2. The largest absolute Gasteiger partial charge is 0.391 e.